The second-order valence-corrected chi connectivity index (χ2v) is 5.06. The highest BCUT2D eigenvalue weighted by atomic mass is 16.4. The summed E-state index contributed by atoms with van der Waals surface area (Å²) in [5.74, 6) is 0.140. The lowest BCUT2D eigenvalue weighted by Gasteiger charge is -2.36. The van der Waals surface area contributed by atoms with Gasteiger partial charge in [-0.1, -0.05) is 16.8 Å². The fourth-order valence-corrected chi connectivity index (χ4v) is 2.54. The van der Waals surface area contributed by atoms with Crippen molar-refractivity contribution < 1.29 is 10.3 Å². The molecule has 0 amide bonds. The summed E-state index contributed by atoms with van der Waals surface area (Å²) in [5.41, 5.74) is 8.62. The van der Waals surface area contributed by atoms with Crippen LogP contribution in [-0.2, 0) is 0 Å². The maximum Gasteiger partial charge on any atom is 0.172 e. The molecule has 1 aromatic carbocycles. The number of nitrogens with two attached hydrogens (primary N) is 1. The highest BCUT2D eigenvalue weighted by Gasteiger charge is 2.20. The van der Waals surface area contributed by atoms with Crippen LogP contribution in [0.3, 0.4) is 0 Å². The molecule has 0 spiro atoms. The van der Waals surface area contributed by atoms with Crippen molar-refractivity contribution in [1.29, 1.82) is 0 Å². The third-order valence-corrected chi connectivity index (χ3v) is 3.66. The van der Waals surface area contributed by atoms with Crippen LogP contribution in [0.1, 0.15) is 11.1 Å². The number of hydrogen-bond donors (Lipinski definition) is 3. The van der Waals surface area contributed by atoms with Crippen LogP contribution in [0.5, 0.6) is 0 Å². The van der Waals surface area contributed by atoms with Crippen LogP contribution in [0.4, 0.5) is 5.69 Å². The summed E-state index contributed by atoms with van der Waals surface area (Å²) >= 11 is 0. The number of benzene rings is 1. The van der Waals surface area contributed by atoms with Crippen molar-refractivity contribution >= 4 is 11.5 Å². The molecular weight excluding hydrogens is 256 g/mol. The molecule has 0 aromatic heterocycles. The molecule has 0 atom stereocenters. The van der Waals surface area contributed by atoms with E-state index in [-0.39, 0.29) is 12.4 Å². The Labute approximate surface area is 119 Å². The molecule has 1 aromatic rings. The molecule has 0 bridgehead atoms. The summed E-state index contributed by atoms with van der Waals surface area (Å²) in [7, 11) is 0. The van der Waals surface area contributed by atoms with Gasteiger partial charge in [0, 0.05) is 44.0 Å². The Bertz CT molecular complexity index is 482. The average Bonchev–Trinajstić information content (AvgIpc) is 2.47. The molecule has 1 aliphatic rings. The van der Waals surface area contributed by atoms with Crippen LogP contribution < -0.4 is 10.6 Å². The van der Waals surface area contributed by atoms with Gasteiger partial charge in [-0.15, -0.1) is 0 Å². The topological polar surface area (TPSA) is 85.3 Å². The molecule has 2 rings (SSSR count). The quantitative estimate of drug-likeness (QED) is 0.317. The zero-order valence-corrected chi connectivity index (χ0v) is 11.8. The summed E-state index contributed by atoms with van der Waals surface area (Å²) in [5, 5.41) is 21.0. The third-order valence-electron chi connectivity index (χ3n) is 3.66. The van der Waals surface area contributed by atoms with Crippen molar-refractivity contribution in [2.75, 3.05) is 44.2 Å². The molecule has 4 N–H and O–H groups in total. The third kappa shape index (κ3) is 3.20. The highest BCUT2D eigenvalue weighted by Crippen LogP contribution is 2.23. The number of aliphatic hydroxyl groups excluding tert-OH is 1. The number of aryl methyl sites for hydroxylation is 1. The Morgan fingerprint density at radius 1 is 1.30 bits per heavy atom. The second kappa shape index (κ2) is 6.58. The van der Waals surface area contributed by atoms with Crippen molar-refractivity contribution in [3.8, 4) is 0 Å². The number of β-amino-alcohol motifs (C(OH)–C–C–N with tert-alkyl or cyclic N) is 1. The molecule has 1 fully saturated rings. The van der Waals surface area contributed by atoms with Crippen LogP contribution in [0.25, 0.3) is 0 Å². The molecule has 0 radical (unpaired) electrons. The van der Waals surface area contributed by atoms with Crippen LogP contribution >= 0.6 is 0 Å². The lowest BCUT2D eigenvalue weighted by Crippen LogP contribution is -2.47. The van der Waals surface area contributed by atoms with E-state index in [0.717, 1.165) is 49.5 Å². The molecule has 1 saturated heterocycles. The van der Waals surface area contributed by atoms with Crippen LogP contribution in [0, 0.1) is 6.92 Å². The van der Waals surface area contributed by atoms with Gasteiger partial charge in [0.05, 0.1) is 6.61 Å². The summed E-state index contributed by atoms with van der Waals surface area (Å²) in [6.07, 6.45) is 0. The van der Waals surface area contributed by atoms with Gasteiger partial charge < -0.3 is 20.9 Å². The average molecular weight is 278 g/mol. The number of hydrogen-bond acceptors (Lipinski definition) is 5. The van der Waals surface area contributed by atoms with Gasteiger partial charge in [0.15, 0.2) is 5.84 Å². The van der Waals surface area contributed by atoms with E-state index in [2.05, 4.69) is 15.0 Å². The van der Waals surface area contributed by atoms with Gasteiger partial charge in [-0.2, -0.15) is 0 Å². The van der Waals surface area contributed by atoms with E-state index in [9.17, 15) is 0 Å². The second-order valence-electron chi connectivity index (χ2n) is 5.06. The largest absolute Gasteiger partial charge is 0.409 e. The Balaban J connectivity index is 2.17. The van der Waals surface area contributed by atoms with E-state index >= 15 is 0 Å². The lowest BCUT2D eigenvalue weighted by atomic mass is 10.1. The van der Waals surface area contributed by atoms with E-state index in [4.69, 9.17) is 16.0 Å². The Kier molecular flexibility index (Phi) is 4.81. The molecule has 0 aliphatic carbocycles. The Morgan fingerprint density at radius 3 is 2.60 bits per heavy atom. The fourth-order valence-electron chi connectivity index (χ4n) is 2.54. The van der Waals surface area contributed by atoms with Crippen molar-refractivity contribution in [2.24, 2.45) is 10.9 Å². The number of piperazine rings is 1. The van der Waals surface area contributed by atoms with E-state index in [1.807, 2.05) is 25.1 Å². The van der Waals surface area contributed by atoms with E-state index in [1.54, 1.807) is 0 Å². The molecule has 0 unspecified atom stereocenters. The minimum Gasteiger partial charge on any atom is -0.409 e. The standard InChI is InChI=1S/C14H22N4O2/c1-11-2-3-13(12(10-11)14(15)16-20)18-6-4-17(5-7-18)8-9-19/h2-3,10,19-20H,4-9H2,1H3,(H2,15,16). The first-order chi connectivity index (χ1) is 9.65. The monoisotopic (exact) mass is 278 g/mol. The van der Waals surface area contributed by atoms with Gasteiger partial charge in [0.2, 0.25) is 0 Å². The molecule has 1 aliphatic heterocycles. The first kappa shape index (κ1) is 14.6. The smallest absolute Gasteiger partial charge is 0.172 e. The van der Waals surface area contributed by atoms with Crippen molar-refractivity contribution in [3.63, 3.8) is 0 Å². The SMILES string of the molecule is Cc1ccc(N2CCN(CCO)CC2)c(/C(N)=N/O)c1. The van der Waals surface area contributed by atoms with Crippen molar-refractivity contribution in [2.45, 2.75) is 6.92 Å². The first-order valence-electron chi connectivity index (χ1n) is 6.82. The molecule has 6 heteroatoms. The van der Waals surface area contributed by atoms with Crippen LogP contribution in [0.2, 0.25) is 0 Å². The zero-order valence-electron chi connectivity index (χ0n) is 11.8. The number of aliphatic hydroxyl groups is 1. The number of nitrogens with zero attached hydrogens (tertiary/aromatic N) is 3. The van der Waals surface area contributed by atoms with Crippen molar-refractivity contribution in [1.82, 2.24) is 4.90 Å². The summed E-state index contributed by atoms with van der Waals surface area (Å²) in [6, 6.07) is 5.98. The Morgan fingerprint density at radius 2 is 2.00 bits per heavy atom. The van der Waals surface area contributed by atoms with Gasteiger partial charge in [0.1, 0.15) is 0 Å². The van der Waals surface area contributed by atoms with Crippen molar-refractivity contribution in [3.05, 3.63) is 29.3 Å². The molecule has 6 nitrogen and oxygen atoms in total. The maximum absolute atomic E-state index is 8.97. The first-order valence-corrected chi connectivity index (χ1v) is 6.82. The molecule has 110 valence electrons. The van der Waals surface area contributed by atoms with Gasteiger partial charge in [-0.25, -0.2) is 0 Å². The highest BCUT2D eigenvalue weighted by molar-refractivity contribution is 6.02. The van der Waals surface area contributed by atoms with E-state index in [0.29, 0.717) is 0 Å². The minimum absolute atomic E-state index is 0.140. The van der Waals surface area contributed by atoms with E-state index in [1.165, 1.54) is 0 Å². The number of anilines is 1. The normalized spacial score (nSPS) is 17.5. The fraction of sp³-hybridized carbons (Fsp3) is 0.500. The lowest BCUT2D eigenvalue weighted by molar-refractivity contribution is 0.189. The predicted molar refractivity (Wildman–Crippen MR) is 79.4 cm³/mol. The summed E-state index contributed by atoms with van der Waals surface area (Å²) in [4.78, 5) is 4.47. The van der Waals surface area contributed by atoms with Gasteiger partial charge >= 0.3 is 0 Å². The summed E-state index contributed by atoms with van der Waals surface area (Å²) < 4.78 is 0. The number of oxime groups is 1. The van der Waals surface area contributed by atoms with Gasteiger partial charge in [-0.3, -0.25) is 4.90 Å². The van der Waals surface area contributed by atoms with Crippen LogP contribution in [0.15, 0.2) is 23.4 Å². The number of amidine groups is 1. The zero-order chi connectivity index (χ0) is 14.5. The Hall–Kier alpha value is -1.79. The van der Waals surface area contributed by atoms with Gasteiger partial charge in [0.25, 0.3) is 0 Å². The van der Waals surface area contributed by atoms with Crippen LogP contribution in [-0.4, -0.2) is 60.4 Å². The molecule has 1 heterocycles. The molecule has 20 heavy (non-hydrogen) atoms. The van der Waals surface area contributed by atoms with Gasteiger partial charge in [-0.05, 0) is 19.1 Å². The maximum atomic E-state index is 8.97. The molecular formula is C14H22N4O2. The minimum atomic E-state index is 0.140. The van der Waals surface area contributed by atoms with E-state index < -0.39 is 0 Å². The predicted octanol–water partition coefficient (Wildman–Crippen LogP) is 0.204. The molecule has 0 saturated carbocycles. The number of rotatable bonds is 4. The summed E-state index contributed by atoms with van der Waals surface area (Å²) in [6.45, 7) is 6.45.